The number of rotatable bonds is 2. The maximum Gasteiger partial charge on any atom is 0.253 e. The highest BCUT2D eigenvalue weighted by Gasteiger charge is 2.33. The summed E-state index contributed by atoms with van der Waals surface area (Å²) in [6.07, 6.45) is 4.93. The van der Waals surface area contributed by atoms with Crippen LogP contribution in [0.3, 0.4) is 0 Å². The predicted molar refractivity (Wildman–Crippen MR) is 114 cm³/mol. The number of aromatic hydroxyl groups is 2. The van der Waals surface area contributed by atoms with Gasteiger partial charge in [0, 0.05) is 48.1 Å². The minimum Gasteiger partial charge on any atom is -0.507 e. The normalized spacial score (nSPS) is 22.0. The van der Waals surface area contributed by atoms with Crippen LogP contribution in [0.15, 0.2) is 36.4 Å². The highest BCUT2D eigenvalue weighted by Crippen LogP contribution is 2.45. The minimum absolute atomic E-state index is 0.0231. The average Bonchev–Trinajstić information content (AvgIpc) is 3.14. The number of phenols is 2. The molecule has 0 radical (unpaired) electrons. The molecule has 2 N–H and O–H groups in total. The fourth-order valence-corrected chi connectivity index (χ4v) is 4.66. The number of nitrogens with zero attached hydrogens (tertiary/aromatic N) is 2. The fraction of sp³-hybridized carbons (Fsp3) is 0.348. The number of benzene rings is 2. The highest BCUT2D eigenvalue weighted by atomic mass is 35.5. The van der Waals surface area contributed by atoms with Crippen molar-refractivity contribution in [3.05, 3.63) is 58.1 Å². The van der Waals surface area contributed by atoms with E-state index in [-0.39, 0.29) is 28.5 Å². The van der Waals surface area contributed by atoms with Gasteiger partial charge in [0.2, 0.25) is 0 Å². The van der Waals surface area contributed by atoms with Crippen LogP contribution in [0.2, 0.25) is 5.02 Å². The van der Waals surface area contributed by atoms with Gasteiger partial charge in [-0.15, -0.1) is 0 Å². The van der Waals surface area contributed by atoms with Crippen LogP contribution in [0, 0.1) is 0 Å². The van der Waals surface area contributed by atoms with Gasteiger partial charge in [-0.2, -0.15) is 0 Å². The van der Waals surface area contributed by atoms with Crippen molar-refractivity contribution in [2.75, 3.05) is 26.2 Å². The molecule has 5 rings (SSSR count). The number of likely N-dealkylation sites (tertiary alicyclic amines) is 1. The van der Waals surface area contributed by atoms with Crippen molar-refractivity contribution in [2.45, 2.75) is 25.3 Å². The zero-order chi connectivity index (χ0) is 20.8. The Labute approximate surface area is 179 Å². The first-order valence-corrected chi connectivity index (χ1v) is 10.7. The quantitative estimate of drug-likeness (QED) is 0.754. The van der Waals surface area contributed by atoms with Crippen molar-refractivity contribution in [2.24, 2.45) is 0 Å². The minimum atomic E-state index is -0.150. The van der Waals surface area contributed by atoms with E-state index in [2.05, 4.69) is 4.90 Å². The number of amides is 1. The molecule has 0 saturated carbocycles. The van der Waals surface area contributed by atoms with Crippen LogP contribution in [0.4, 0.5) is 0 Å². The Hall–Kier alpha value is -2.86. The summed E-state index contributed by atoms with van der Waals surface area (Å²) in [5.74, 6) is 0.618. The summed E-state index contributed by atoms with van der Waals surface area (Å²) in [5, 5.41) is 20.4. The lowest BCUT2D eigenvalue weighted by Gasteiger charge is -2.34. The van der Waals surface area contributed by atoms with E-state index in [9.17, 15) is 15.0 Å². The van der Waals surface area contributed by atoms with Gasteiger partial charge in [-0.3, -0.25) is 4.79 Å². The molecule has 7 heteroatoms. The monoisotopic (exact) mass is 426 g/mol. The molecule has 1 atom stereocenters. The molecule has 3 aliphatic heterocycles. The molecule has 0 bridgehead atoms. The van der Waals surface area contributed by atoms with Crippen LogP contribution in [0.25, 0.3) is 5.70 Å². The third-order valence-corrected chi connectivity index (χ3v) is 6.48. The Morgan fingerprint density at radius 2 is 1.90 bits per heavy atom. The van der Waals surface area contributed by atoms with E-state index in [1.54, 1.807) is 6.07 Å². The SMILES string of the molecule is O=C(c1ccc2c(c1)OC/C=C(/c1cc(Cl)c(O)cc1O)N1CCCC21)N1CCC1. The summed E-state index contributed by atoms with van der Waals surface area (Å²) in [4.78, 5) is 16.7. The zero-order valence-electron chi connectivity index (χ0n) is 16.5. The Bertz CT molecular complexity index is 1050. The molecule has 0 spiro atoms. The van der Waals surface area contributed by atoms with Crippen molar-refractivity contribution < 1.29 is 19.7 Å². The first kappa shape index (κ1) is 19.1. The molecule has 0 aliphatic carbocycles. The molecule has 2 fully saturated rings. The van der Waals surface area contributed by atoms with Crippen LogP contribution < -0.4 is 4.74 Å². The van der Waals surface area contributed by atoms with Crippen molar-refractivity contribution >= 4 is 23.2 Å². The van der Waals surface area contributed by atoms with E-state index in [1.165, 1.54) is 6.07 Å². The number of halogens is 1. The molecule has 1 amide bonds. The van der Waals surface area contributed by atoms with Crippen molar-refractivity contribution in [3.8, 4) is 17.2 Å². The molecular formula is C23H23ClN2O4. The molecule has 0 aromatic heterocycles. The number of hydrogen-bond donors (Lipinski definition) is 2. The van der Waals surface area contributed by atoms with Crippen LogP contribution in [0.5, 0.6) is 17.2 Å². The topological polar surface area (TPSA) is 73.2 Å². The van der Waals surface area contributed by atoms with E-state index >= 15 is 0 Å². The Morgan fingerprint density at radius 3 is 2.67 bits per heavy atom. The van der Waals surface area contributed by atoms with Gasteiger partial charge in [0.15, 0.2) is 0 Å². The summed E-state index contributed by atoms with van der Waals surface area (Å²) < 4.78 is 6.07. The Balaban J connectivity index is 1.52. The second-order valence-electron chi connectivity index (χ2n) is 7.97. The predicted octanol–water partition coefficient (Wildman–Crippen LogP) is 4.17. The lowest BCUT2D eigenvalue weighted by atomic mass is 9.98. The molecular weight excluding hydrogens is 404 g/mol. The van der Waals surface area contributed by atoms with Gasteiger partial charge in [-0.05, 0) is 43.5 Å². The smallest absolute Gasteiger partial charge is 0.253 e. The third kappa shape index (κ3) is 3.16. The van der Waals surface area contributed by atoms with Crippen molar-refractivity contribution in [1.29, 1.82) is 0 Å². The molecule has 3 heterocycles. The van der Waals surface area contributed by atoms with Crippen molar-refractivity contribution in [1.82, 2.24) is 9.80 Å². The molecule has 30 heavy (non-hydrogen) atoms. The molecule has 156 valence electrons. The molecule has 1 unspecified atom stereocenters. The van der Waals surface area contributed by atoms with E-state index < -0.39 is 0 Å². The summed E-state index contributed by atoms with van der Waals surface area (Å²) in [6.45, 7) is 2.77. The fourth-order valence-electron chi connectivity index (χ4n) is 4.50. The molecule has 6 nitrogen and oxygen atoms in total. The van der Waals surface area contributed by atoms with Gasteiger partial charge >= 0.3 is 0 Å². The summed E-state index contributed by atoms with van der Waals surface area (Å²) >= 11 is 6.12. The Kier molecular flexibility index (Phi) is 4.74. The first-order chi connectivity index (χ1) is 14.5. The van der Waals surface area contributed by atoms with Crippen molar-refractivity contribution in [3.63, 3.8) is 0 Å². The van der Waals surface area contributed by atoms with Gasteiger partial charge in [0.25, 0.3) is 5.91 Å². The van der Waals surface area contributed by atoms with Crippen LogP contribution in [-0.2, 0) is 0 Å². The number of hydrogen-bond acceptors (Lipinski definition) is 5. The first-order valence-electron chi connectivity index (χ1n) is 10.3. The lowest BCUT2D eigenvalue weighted by molar-refractivity contribution is 0.0651. The van der Waals surface area contributed by atoms with Gasteiger partial charge in [0.1, 0.15) is 23.9 Å². The maximum atomic E-state index is 12.6. The van der Waals surface area contributed by atoms with Gasteiger partial charge in [-0.25, -0.2) is 0 Å². The van der Waals surface area contributed by atoms with Gasteiger partial charge in [-0.1, -0.05) is 17.7 Å². The number of ether oxygens (including phenoxy) is 1. The maximum absolute atomic E-state index is 12.6. The van der Waals surface area contributed by atoms with E-state index in [4.69, 9.17) is 16.3 Å². The molecule has 2 saturated heterocycles. The number of fused-ring (bicyclic) bond motifs is 3. The van der Waals surface area contributed by atoms with Crippen LogP contribution >= 0.6 is 11.6 Å². The zero-order valence-corrected chi connectivity index (χ0v) is 17.2. The van der Waals surface area contributed by atoms with Gasteiger partial charge in [0.05, 0.1) is 11.1 Å². The average molecular weight is 427 g/mol. The number of phenolic OH excluding ortho intramolecular Hbond substituents is 2. The van der Waals surface area contributed by atoms with Crippen LogP contribution in [0.1, 0.15) is 46.8 Å². The largest absolute Gasteiger partial charge is 0.507 e. The lowest BCUT2D eigenvalue weighted by Crippen LogP contribution is -2.42. The highest BCUT2D eigenvalue weighted by molar-refractivity contribution is 6.32. The van der Waals surface area contributed by atoms with E-state index in [0.717, 1.165) is 55.9 Å². The molecule has 2 aromatic rings. The summed E-state index contributed by atoms with van der Waals surface area (Å²) in [6, 6.07) is 8.68. The second-order valence-corrected chi connectivity index (χ2v) is 8.38. The summed E-state index contributed by atoms with van der Waals surface area (Å²) in [5.41, 5.74) is 3.11. The molecule has 3 aliphatic rings. The second kappa shape index (κ2) is 7.43. The molecule has 2 aromatic carbocycles. The Morgan fingerprint density at radius 1 is 1.07 bits per heavy atom. The van der Waals surface area contributed by atoms with E-state index in [1.807, 2.05) is 29.2 Å². The summed E-state index contributed by atoms with van der Waals surface area (Å²) in [7, 11) is 0. The third-order valence-electron chi connectivity index (χ3n) is 6.18. The van der Waals surface area contributed by atoms with E-state index in [0.29, 0.717) is 17.7 Å². The number of carbonyl (C=O) groups is 1. The number of carbonyl (C=O) groups excluding carboxylic acids is 1. The van der Waals surface area contributed by atoms with Gasteiger partial charge < -0.3 is 24.7 Å². The van der Waals surface area contributed by atoms with Crippen LogP contribution in [-0.4, -0.2) is 52.2 Å². The standard InChI is InChI=1S/C23H23ClN2O4/c24-17-12-16(20(27)13-21(17)28)19-6-10-30-22-11-14(23(29)25-7-2-8-25)4-5-15(22)18-3-1-9-26(18)19/h4-6,11-13,18,27-28H,1-3,7-10H2/b19-6-.